The van der Waals surface area contributed by atoms with Crippen LogP contribution in [0.5, 0.6) is 0 Å². The summed E-state index contributed by atoms with van der Waals surface area (Å²) < 4.78 is 0. The molecule has 1 heteroatoms. The average Bonchev–Trinajstić information content (AvgIpc) is 3.55. The van der Waals surface area contributed by atoms with Gasteiger partial charge >= 0.3 is 0 Å². The van der Waals surface area contributed by atoms with E-state index in [-0.39, 0.29) is 5.41 Å². The lowest BCUT2D eigenvalue weighted by molar-refractivity contribution is 0.590. The topological polar surface area (TPSA) is 0 Å². The number of allylic oxidation sites excluding steroid dienone is 2. The molecule has 2 bridgehead atoms. The number of rotatable bonds is 4. The molecule has 4 aromatic rings. The summed E-state index contributed by atoms with van der Waals surface area (Å²) in [5, 5.41) is 3.35. The number of benzene rings is 4. The van der Waals surface area contributed by atoms with Crippen molar-refractivity contribution in [2.75, 3.05) is 0 Å². The van der Waals surface area contributed by atoms with Gasteiger partial charge in [0.25, 0.3) is 0 Å². The van der Waals surface area contributed by atoms with Crippen LogP contribution in [-0.4, -0.2) is 8.07 Å². The maximum atomic E-state index is 2.61. The average molecular weight is 550 g/mol. The number of hydrogen-bond acceptors (Lipinski definition) is 0. The van der Waals surface area contributed by atoms with Gasteiger partial charge in [-0.1, -0.05) is 144 Å². The van der Waals surface area contributed by atoms with Gasteiger partial charge in [0.2, 0.25) is 0 Å². The fraction of sp³-hybridized carbons (Fsp3) is 0.275. The summed E-state index contributed by atoms with van der Waals surface area (Å²) >= 11 is 0. The van der Waals surface area contributed by atoms with E-state index in [4.69, 9.17) is 0 Å². The van der Waals surface area contributed by atoms with E-state index in [1.807, 2.05) is 0 Å². The van der Waals surface area contributed by atoms with E-state index in [1.54, 1.807) is 27.1 Å². The lowest BCUT2D eigenvalue weighted by atomic mass is 9.83. The minimum absolute atomic E-state index is 0.156. The molecule has 0 amide bonds. The molecular weight excluding hydrogens is 509 g/mol. The molecule has 1 aliphatic heterocycles. The van der Waals surface area contributed by atoms with Crippen LogP contribution >= 0.6 is 0 Å². The van der Waals surface area contributed by atoms with Crippen molar-refractivity contribution in [1.29, 1.82) is 0 Å². The van der Waals surface area contributed by atoms with Gasteiger partial charge in [0.05, 0.1) is 0 Å². The molecule has 4 aromatic carbocycles. The van der Waals surface area contributed by atoms with Gasteiger partial charge in [-0.25, -0.2) is 0 Å². The molecule has 0 spiro atoms. The van der Waals surface area contributed by atoms with Crippen LogP contribution in [0.25, 0.3) is 33.5 Å². The molecule has 3 aliphatic rings. The van der Waals surface area contributed by atoms with Crippen LogP contribution in [0.2, 0.25) is 13.1 Å². The van der Waals surface area contributed by atoms with Crippen LogP contribution in [0, 0.1) is 12.3 Å². The molecule has 0 saturated heterocycles. The maximum Gasteiger partial charge on any atom is 0.114 e. The van der Waals surface area contributed by atoms with Crippen molar-refractivity contribution in [2.24, 2.45) is 5.92 Å². The molecule has 205 valence electrons. The minimum Gasteiger partial charge on any atom is -0.0622 e. The molecule has 1 radical (unpaired) electrons. The Labute approximate surface area is 247 Å². The van der Waals surface area contributed by atoms with E-state index < -0.39 is 8.07 Å². The van der Waals surface area contributed by atoms with Crippen molar-refractivity contribution in [3.8, 4) is 22.3 Å². The second-order valence-corrected chi connectivity index (χ2v) is 18.5. The van der Waals surface area contributed by atoms with Crippen molar-refractivity contribution in [2.45, 2.75) is 66.0 Å². The molecule has 0 aromatic heterocycles. The normalized spacial score (nSPS) is 18.4. The van der Waals surface area contributed by atoms with Crippen LogP contribution in [0.1, 0.15) is 80.8 Å². The smallest absolute Gasteiger partial charge is 0.0622 e. The van der Waals surface area contributed by atoms with Gasteiger partial charge in [0, 0.05) is 12.3 Å². The fourth-order valence-corrected chi connectivity index (χ4v) is 12.0. The zero-order valence-electron chi connectivity index (χ0n) is 25.8. The zero-order valence-corrected chi connectivity index (χ0v) is 26.8. The SMILES string of the molecule is CC1=Cc2c(-c3ccc(C(C)(C)C)cc3)cccc2C1c1cc2c3c(-c4ccccc4)c1[Si](C)(C)C3=C(C(C)C)[CH]2. The van der Waals surface area contributed by atoms with Crippen LogP contribution in [0.3, 0.4) is 0 Å². The quantitative estimate of drug-likeness (QED) is 0.222. The van der Waals surface area contributed by atoms with E-state index in [0.29, 0.717) is 11.8 Å². The van der Waals surface area contributed by atoms with Gasteiger partial charge in [-0.3, -0.25) is 0 Å². The maximum absolute atomic E-state index is 2.61. The standard InChI is InChI=1S/C40H41Si/c1-24(2)32-22-28-23-34(39-36(27-13-10-9-11-14-27)37(28)38(32)41(39,7)8)35-25(3)21-33-30(15-12-16-31(33)35)26-17-19-29(20-18-26)40(4,5)6/h9-24,35H,1-8H3. The Kier molecular flexibility index (Phi) is 5.83. The van der Waals surface area contributed by atoms with Gasteiger partial charge in [-0.15, -0.1) is 0 Å². The lowest BCUT2D eigenvalue weighted by Crippen LogP contribution is -2.43. The summed E-state index contributed by atoms with van der Waals surface area (Å²) in [7, 11) is -1.94. The molecule has 0 N–H and O–H groups in total. The van der Waals surface area contributed by atoms with Crippen LogP contribution in [0.4, 0.5) is 0 Å². The highest BCUT2D eigenvalue weighted by molar-refractivity contribution is 7.08. The highest BCUT2D eigenvalue weighted by atomic mass is 28.3. The first-order valence-corrected chi connectivity index (χ1v) is 18.3. The molecule has 41 heavy (non-hydrogen) atoms. The lowest BCUT2D eigenvalue weighted by Gasteiger charge is -2.29. The van der Waals surface area contributed by atoms with Crippen molar-refractivity contribution in [3.63, 3.8) is 0 Å². The Hall–Kier alpha value is -3.42. The molecule has 0 fully saturated rings. The molecule has 0 nitrogen and oxygen atoms in total. The first-order valence-electron chi connectivity index (χ1n) is 15.3. The van der Waals surface area contributed by atoms with Crippen LogP contribution in [0.15, 0.2) is 90.0 Å². The third-order valence-electron chi connectivity index (χ3n) is 9.82. The van der Waals surface area contributed by atoms with E-state index in [2.05, 4.69) is 146 Å². The van der Waals surface area contributed by atoms with Gasteiger partial charge < -0.3 is 0 Å². The molecule has 7 rings (SSSR count). The highest BCUT2D eigenvalue weighted by Gasteiger charge is 2.49. The first kappa shape index (κ1) is 26.5. The second kappa shape index (κ2) is 9.04. The third-order valence-corrected chi connectivity index (χ3v) is 13.4. The van der Waals surface area contributed by atoms with Crippen LogP contribution < -0.4 is 5.19 Å². The van der Waals surface area contributed by atoms with Gasteiger partial charge in [0.1, 0.15) is 8.07 Å². The third kappa shape index (κ3) is 3.85. The second-order valence-electron chi connectivity index (χ2n) is 14.3. The van der Waals surface area contributed by atoms with Crippen LogP contribution in [-0.2, 0) is 5.41 Å². The van der Waals surface area contributed by atoms with E-state index in [1.165, 1.54) is 50.1 Å². The fourth-order valence-electron chi connectivity index (χ4n) is 7.91. The highest BCUT2D eigenvalue weighted by Crippen LogP contribution is 2.55. The molecular formula is C40H41Si. The minimum atomic E-state index is -1.94. The van der Waals surface area contributed by atoms with Gasteiger partial charge in [0.15, 0.2) is 0 Å². The zero-order chi connectivity index (χ0) is 28.8. The molecule has 1 atom stereocenters. The van der Waals surface area contributed by atoms with E-state index >= 15 is 0 Å². The molecule has 2 aliphatic carbocycles. The van der Waals surface area contributed by atoms with Gasteiger partial charge in [-0.2, -0.15) is 0 Å². The Morgan fingerprint density at radius 2 is 1.46 bits per heavy atom. The largest absolute Gasteiger partial charge is 0.114 e. The van der Waals surface area contributed by atoms with E-state index in [9.17, 15) is 0 Å². The summed E-state index contributed by atoms with van der Waals surface area (Å²) in [6.07, 6.45) is 5.01. The van der Waals surface area contributed by atoms with Crippen molar-refractivity contribution in [3.05, 3.63) is 130 Å². The predicted molar refractivity (Wildman–Crippen MR) is 180 cm³/mol. The number of hydrogen-bond donors (Lipinski definition) is 0. The first-order chi connectivity index (χ1) is 19.5. The Balaban J connectivity index is 1.43. The predicted octanol–water partition coefficient (Wildman–Crippen LogP) is 10.3. The Bertz CT molecular complexity index is 1770. The summed E-state index contributed by atoms with van der Waals surface area (Å²) in [5.41, 5.74) is 17.5. The molecule has 1 heterocycles. The summed E-state index contributed by atoms with van der Waals surface area (Å²) in [6, 6.07) is 30.0. The molecule has 1 unspecified atom stereocenters. The summed E-state index contributed by atoms with van der Waals surface area (Å²) in [5.74, 6) is 0.834. The van der Waals surface area contributed by atoms with Crippen molar-refractivity contribution < 1.29 is 0 Å². The van der Waals surface area contributed by atoms with Crippen molar-refractivity contribution >= 4 is 24.5 Å². The Morgan fingerprint density at radius 1 is 0.756 bits per heavy atom. The Morgan fingerprint density at radius 3 is 2.12 bits per heavy atom. The number of fused-ring (bicyclic) bond motifs is 2. The van der Waals surface area contributed by atoms with Gasteiger partial charge in [-0.05, 0) is 84.3 Å². The summed E-state index contributed by atoms with van der Waals surface area (Å²) in [6.45, 7) is 19.2. The van der Waals surface area contributed by atoms with E-state index in [0.717, 1.165) is 0 Å². The molecule has 0 saturated carbocycles. The summed E-state index contributed by atoms with van der Waals surface area (Å²) in [4.78, 5) is 0. The monoisotopic (exact) mass is 549 g/mol. The van der Waals surface area contributed by atoms with Crippen molar-refractivity contribution in [1.82, 2.24) is 0 Å².